The summed E-state index contributed by atoms with van der Waals surface area (Å²) < 4.78 is 12.3. The topological polar surface area (TPSA) is 85.7 Å². The van der Waals surface area contributed by atoms with Crippen LogP contribution in [0.15, 0.2) is 58.5 Å². The number of fused-ring (bicyclic) bond motifs is 1. The Morgan fingerprint density at radius 2 is 1.97 bits per heavy atom. The first-order valence-corrected chi connectivity index (χ1v) is 13.8. The second-order valence-corrected chi connectivity index (χ2v) is 10.2. The van der Waals surface area contributed by atoms with E-state index in [0.717, 1.165) is 30.8 Å². The van der Waals surface area contributed by atoms with Crippen molar-refractivity contribution in [3.63, 3.8) is 0 Å². The average Bonchev–Trinajstić information content (AvgIpc) is 2.94. The first kappa shape index (κ1) is 27.2. The van der Waals surface area contributed by atoms with Crippen molar-refractivity contribution in [3.8, 4) is 0 Å². The van der Waals surface area contributed by atoms with Gasteiger partial charge in [-0.25, -0.2) is 4.98 Å². The Morgan fingerprint density at radius 3 is 2.70 bits per heavy atom. The molecular weight excluding hydrogens is 488 g/mol. The summed E-state index contributed by atoms with van der Waals surface area (Å²) in [5.41, 5.74) is 2.73. The Kier molecular flexibility index (Phi) is 9.99. The smallest absolute Gasteiger partial charge is 0.262 e. The number of nitrogens with zero attached hydrogens (tertiary/aromatic N) is 3. The number of aromatic nitrogens is 2. The van der Waals surface area contributed by atoms with Gasteiger partial charge in [-0.1, -0.05) is 49.0 Å². The average molecular weight is 525 g/mol. The zero-order chi connectivity index (χ0) is 26.0. The van der Waals surface area contributed by atoms with E-state index < -0.39 is 0 Å². The van der Waals surface area contributed by atoms with Gasteiger partial charge in [-0.15, -0.1) is 0 Å². The maximum Gasteiger partial charge on any atom is 0.262 e. The first-order chi connectivity index (χ1) is 18.1. The highest BCUT2D eigenvalue weighted by Crippen LogP contribution is 2.27. The Labute approximate surface area is 222 Å². The van der Waals surface area contributed by atoms with E-state index in [1.807, 2.05) is 43.3 Å². The molecule has 2 aromatic carbocycles. The predicted octanol–water partition coefficient (Wildman–Crippen LogP) is 3.50. The lowest BCUT2D eigenvalue weighted by atomic mass is 10.1. The summed E-state index contributed by atoms with van der Waals surface area (Å²) in [6.07, 6.45) is 2.08. The molecule has 1 fully saturated rings. The SMILES string of the molecule is CC[C@H](Sc1nc2ccc(N3CCOCC3)cc2c(=O)n1CCc1ccccc1)C(=O)NCCCOC. The van der Waals surface area contributed by atoms with Gasteiger partial charge >= 0.3 is 0 Å². The molecule has 0 spiro atoms. The lowest BCUT2D eigenvalue weighted by Gasteiger charge is -2.29. The number of hydrogen-bond donors (Lipinski definition) is 1. The van der Waals surface area contributed by atoms with Crippen LogP contribution in [0.3, 0.4) is 0 Å². The minimum Gasteiger partial charge on any atom is -0.385 e. The zero-order valence-electron chi connectivity index (χ0n) is 21.7. The molecule has 1 aliphatic heterocycles. The van der Waals surface area contributed by atoms with Crippen LogP contribution in [0, 0.1) is 0 Å². The van der Waals surface area contributed by atoms with E-state index in [0.29, 0.717) is 61.8 Å². The third-order valence-electron chi connectivity index (χ3n) is 6.48. The fourth-order valence-corrected chi connectivity index (χ4v) is 5.43. The van der Waals surface area contributed by atoms with Crippen LogP contribution in [0.4, 0.5) is 5.69 Å². The van der Waals surface area contributed by atoms with Gasteiger partial charge in [0.1, 0.15) is 0 Å². The number of anilines is 1. The van der Waals surface area contributed by atoms with Gasteiger partial charge in [0.2, 0.25) is 5.91 Å². The number of aryl methyl sites for hydroxylation is 1. The molecule has 0 saturated carbocycles. The number of hydrogen-bond acceptors (Lipinski definition) is 7. The number of morpholine rings is 1. The van der Waals surface area contributed by atoms with Crippen LogP contribution in [0.5, 0.6) is 0 Å². The molecule has 37 heavy (non-hydrogen) atoms. The normalized spacial score (nSPS) is 14.6. The highest BCUT2D eigenvalue weighted by atomic mass is 32.2. The van der Waals surface area contributed by atoms with Crippen molar-refractivity contribution in [3.05, 3.63) is 64.4 Å². The van der Waals surface area contributed by atoms with E-state index >= 15 is 0 Å². The number of amides is 1. The van der Waals surface area contributed by atoms with Gasteiger partial charge in [-0.3, -0.25) is 14.2 Å². The lowest BCUT2D eigenvalue weighted by molar-refractivity contribution is -0.120. The van der Waals surface area contributed by atoms with Crippen molar-refractivity contribution < 1.29 is 14.3 Å². The summed E-state index contributed by atoms with van der Waals surface area (Å²) in [6.45, 7) is 6.58. The van der Waals surface area contributed by atoms with Crippen LogP contribution in [0.25, 0.3) is 10.9 Å². The van der Waals surface area contributed by atoms with Crippen LogP contribution >= 0.6 is 11.8 Å². The molecule has 4 rings (SSSR count). The van der Waals surface area contributed by atoms with Crippen molar-refractivity contribution in [2.75, 3.05) is 51.5 Å². The number of methoxy groups -OCH3 is 1. The maximum absolute atomic E-state index is 13.8. The van der Waals surface area contributed by atoms with Crippen molar-refractivity contribution in [1.82, 2.24) is 14.9 Å². The second kappa shape index (κ2) is 13.6. The number of benzene rings is 2. The van der Waals surface area contributed by atoms with Crippen molar-refractivity contribution >= 4 is 34.3 Å². The third kappa shape index (κ3) is 7.12. The first-order valence-electron chi connectivity index (χ1n) is 12.9. The summed E-state index contributed by atoms with van der Waals surface area (Å²) in [6, 6.07) is 16.0. The van der Waals surface area contributed by atoms with E-state index in [9.17, 15) is 9.59 Å². The monoisotopic (exact) mass is 524 g/mol. The highest BCUT2D eigenvalue weighted by molar-refractivity contribution is 8.00. The Balaban J connectivity index is 1.65. The van der Waals surface area contributed by atoms with Crippen LogP contribution in [-0.4, -0.2) is 67.3 Å². The van der Waals surface area contributed by atoms with Crippen LogP contribution < -0.4 is 15.8 Å². The number of ether oxygens (including phenoxy) is 2. The van der Waals surface area contributed by atoms with Gasteiger partial charge in [0.25, 0.3) is 5.56 Å². The fourth-order valence-electron chi connectivity index (χ4n) is 4.37. The molecule has 1 atom stereocenters. The number of rotatable bonds is 12. The summed E-state index contributed by atoms with van der Waals surface area (Å²) in [7, 11) is 1.65. The fraction of sp³-hybridized carbons (Fsp3) is 0.464. The standard InChI is InChI=1S/C28H36N4O4S/c1-3-25(26(33)29-13-7-17-35-2)37-28-30-24-11-10-22(31-15-18-36-19-16-31)20-23(24)27(34)32(28)14-12-21-8-5-4-6-9-21/h4-6,8-11,20,25H,3,7,12-19H2,1-2H3,(H,29,33)/t25-/m0/s1. The van der Waals surface area contributed by atoms with Crippen molar-refractivity contribution in [1.29, 1.82) is 0 Å². The molecule has 3 aromatic rings. The summed E-state index contributed by atoms with van der Waals surface area (Å²) in [5, 5.41) is 3.82. The number of carbonyl (C=O) groups excluding carboxylic acids is 1. The largest absolute Gasteiger partial charge is 0.385 e. The lowest BCUT2D eigenvalue weighted by Crippen LogP contribution is -2.36. The summed E-state index contributed by atoms with van der Waals surface area (Å²) in [4.78, 5) is 33.9. The quantitative estimate of drug-likeness (QED) is 0.221. The molecule has 1 aliphatic rings. The molecular formula is C28H36N4O4S. The van der Waals surface area contributed by atoms with Gasteiger partial charge in [0.05, 0.1) is 29.4 Å². The number of nitrogens with one attached hydrogen (secondary N) is 1. The molecule has 198 valence electrons. The zero-order valence-corrected chi connectivity index (χ0v) is 22.5. The Morgan fingerprint density at radius 1 is 1.19 bits per heavy atom. The second-order valence-electron chi connectivity index (χ2n) is 9.04. The number of carbonyl (C=O) groups is 1. The summed E-state index contributed by atoms with van der Waals surface area (Å²) >= 11 is 1.37. The van der Waals surface area contributed by atoms with Gasteiger partial charge in [0, 0.05) is 45.6 Å². The molecule has 0 aliphatic carbocycles. The summed E-state index contributed by atoms with van der Waals surface area (Å²) in [5.74, 6) is -0.0461. The minimum atomic E-state index is -0.345. The molecule has 1 N–H and O–H groups in total. The van der Waals surface area contributed by atoms with Crippen molar-refractivity contribution in [2.45, 2.75) is 43.1 Å². The Bertz CT molecular complexity index is 1230. The molecule has 2 heterocycles. The molecule has 8 nitrogen and oxygen atoms in total. The molecule has 0 bridgehead atoms. The highest BCUT2D eigenvalue weighted by Gasteiger charge is 2.22. The van der Waals surface area contributed by atoms with E-state index in [2.05, 4.69) is 22.3 Å². The third-order valence-corrected chi connectivity index (χ3v) is 7.84. The van der Waals surface area contributed by atoms with E-state index in [-0.39, 0.29) is 16.7 Å². The number of thioether (sulfide) groups is 1. The van der Waals surface area contributed by atoms with Gasteiger partial charge in [-0.2, -0.15) is 0 Å². The van der Waals surface area contributed by atoms with Gasteiger partial charge < -0.3 is 19.7 Å². The minimum absolute atomic E-state index is 0.0461. The van der Waals surface area contributed by atoms with Crippen LogP contribution in [-0.2, 0) is 27.2 Å². The van der Waals surface area contributed by atoms with E-state index in [1.54, 1.807) is 11.7 Å². The molecule has 9 heteroatoms. The Hall–Kier alpha value is -2.88. The van der Waals surface area contributed by atoms with E-state index in [4.69, 9.17) is 14.5 Å². The van der Waals surface area contributed by atoms with Crippen molar-refractivity contribution in [2.24, 2.45) is 0 Å². The van der Waals surface area contributed by atoms with Gasteiger partial charge in [-0.05, 0) is 43.0 Å². The van der Waals surface area contributed by atoms with Crippen LogP contribution in [0.1, 0.15) is 25.3 Å². The van der Waals surface area contributed by atoms with Crippen LogP contribution in [0.2, 0.25) is 0 Å². The maximum atomic E-state index is 13.8. The van der Waals surface area contributed by atoms with E-state index in [1.165, 1.54) is 11.8 Å². The molecule has 0 radical (unpaired) electrons. The molecule has 1 aromatic heterocycles. The molecule has 1 amide bonds. The molecule has 0 unspecified atom stereocenters. The van der Waals surface area contributed by atoms with Gasteiger partial charge in [0.15, 0.2) is 5.16 Å². The molecule has 1 saturated heterocycles. The predicted molar refractivity (Wildman–Crippen MR) is 149 cm³/mol.